The molecule has 2 atom stereocenters. The molecule has 12 heteroatoms. The molecule has 1 aromatic heterocycles. The Morgan fingerprint density at radius 1 is 1.48 bits per heavy atom. The van der Waals surface area contributed by atoms with Gasteiger partial charge in [-0.3, -0.25) is 14.5 Å². The van der Waals surface area contributed by atoms with E-state index >= 15 is 0 Å². The van der Waals surface area contributed by atoms with E-state index in [-0.39, 0.29) is 27.9 Å². The minimum absolute atomic E-state index is 0.0532. The molecule has 0 bridgehead atoms. The van der Waals surface area contributed by atoms with E-state index in [2.05, 4.69) is 10.2 Å². The molecule has 2 amide bonds. The zero-order chi connectivity index (χ0) is 16.7. The van der Waals surface area contributed by atoms with Crippen LogP contribution >= 0.6 is 23.5 Å². The van der Waals surface area contributed by atoms with Gasteiger partial charge in [-0.2, -0.15) is 0 Å². The quantitative estimate of drug-likeness (QED) is 0.432. The van der Waals surface area contributed by atoms with Gasteiger partial charge in [-0.1, -0.05) is 11.8 Å². The summed E-state index contributed by atoms with van der Waals surface area (Å²) in [4.78, 5) is 35.4. The molecule has 3 rings (SSSR count). The summed E-state index contributed by atoms with van der Waals surface area (Å²) in [7, 11) is 0. The van der Waals surface area contributed by atoms with Crippen LogP contribution in [0.15, 0.2) is 20.9 Å². The number of carbonyl (C=O) groups excluding carboxylic acids is 2. The van der Waals surface area contributed by atoms with Gasteiger partial charge >= 0.3 is 17.8 Å². The summed E-state index contributed by atoms with van der Waals surface area (Å²) in [5.41, 5.74) is 11.2. The molecule has 2 aliphatic rings. The number of thioether (sulfide) groups is 2. The average Bonchev–Trinajstić information content (AvgIpc) is 3.00. The molecule has 0 aromatic carbocycles. The van der Waals surface area contributed by atoms with Crippen molar-refractivity contribution in [2.45, 2.75) is 16.6 Å². The Balaban J connectivity index is 1.78. The summed E-state index contributed by atoms with van der Waals surface area (Å²) in [6.07, 6.45) is 0. The number of aliphatic carboxylic acids is 1. The number of rotatable bonds is 5. The van der Waals surface area contributed by atoms with Crippen molar-refractivity contribution < 1.29 is 23.9 Å². The number of carbonyl (C=O) groups is 3. The largest absolute Gasteiger partial charge is 0.477 e. The third-order valence-corrected chi connectivity index (χ3v) is 5.54. The number of carboxylic acids is 1. The molecule has 1 fully saturated rings. The molecule has 0 saturated carbocycles. The third-order valence-electron chi connectivity index (χ3n) is 3.28. The molecule has 122 valence electrons. The highest BCUT2D eigenvalue weighted by Gasteiger charge is 2.51. The molecule has 0 aliphatic carbocycles. The first kappa shape index (κ1) is 15.8. The number of carboxylic acid groups (broad SMARTS) is 1. The van der Waals surface area contributed by atoms with Crippen molar-refractivity contribution in [3.63, 3.8) is 0 Å². The SMILES string of the molecule is NC(=O)c1nnc(SCC2=C(C(=O)O)N3C(=O)C(N)[C@H]3SC2)o1. The number of β-lactam (4-membered cyclic amide) rings is 1. The van der Waals surface area contributed by atoms with E-state index in [1.165, 1.54) is 16.7 Å². The number of aromatic nitrogens is 2. The monoisotopic (exact) mass is 357 g/mol. The summed E-state index contributed by atoms with van der Waals surface area (Å²) in [5.74, 6) is -2.10. The zero-order valence-corrected chi connectivity index (χ0v) is 13.1. The first-order valence-corrected chi connectivity index (χ1v) is 8.35. The molecular weight excluding hydrogens is 346 g/mol. The number of primary amides is 1. The first-order chi connectivity index (χ1) is 10.9. The number of amides is 2. The lowest BCUT2D eigenvalue weighted by molar-refractivity contribution is -0.147. The molecule has 0 radical (unpaired) electrons. The van der Waals surface area contributed by atoms with E-state index in [4.69, 9.17) is 15.9 Å². The van der Waals surface area contributed by atoms with E-state index in [0.29, 0.717) is 11.3 Å². The molecule has 1 saturated heterocycles. The van der Waals surface area contributed by atoms with Crippen LogP contribution in [0.4, 0.5) is 0 Å². The maximum atomic E-state index is 11.8. The summed E-state index contributed by atoms with van der Waals surface area (Å²) in [6, 6.07) is -0.669. The minimum Gasteiger partial charge on any atom is -0.477 e. The van der Waals surface area contributed by atoms with Crippen LogP contribution in [0.3, 0.4) is 0 Å². The highest BCUT2D eigenvalue weighted by molar-refractivity contribution is 8.01. The number of hydrogen-bond donors (Lipinski definition) is 3. The Labute approximate surface area is 137 Å². The Bertz CT molecular complexity index is 732. The van der Waals surface area contributed by atoms with Crippen molar-refractivity contribution in [3.05, 3.63) is 17.2 Å². The van der Waals surface area contributed by atoms with Crippen LogP contribution in [0, 0.1) is 0 Å². The second-order valence-electron chi connectivity index (χ2n) is 4.72. The van der Waals surface area contributed by atoms with E-state index in [1.54, 1.807) is 0 Å². The fourth-order valence-corrected chi connectivity index (χ4v) is 4.40. The molecule has 5 N–H and O–H groups in total. The number of nitrogens with two attached hydrogens (primary N) is 2. The predicted octanol–water partition coefficient (Wildman–Crippen LogP) is -1.16. The maximum absolute atomic E-state index is 11.8. The number of hydrogen-bond acceptors (Lipinski definition) is 9. The number of fused-ring (bicyclic) bond motifs is 1. The summed E-state index contributed by atoms with van der Waals surface area (Å²) in [5, 5.41) is 16.2. The van der Waals surface area contributed by atoms with Crippen molar-refractivity contribution >= 4 is 41.3 Å². The van der Waals surface area contributed by atoms with Gasteiger partial charge in [0.05, 0.1) is 0 Å². The lowest BCUT2D eigenvalue weighted by Crippen LogP contribution is -2.68. The van der Waals surface area contributed by atoms with E-state index < -0.39 is 23.8 Å². The fraction of sp³-hybridized carbons (Fsp3) is 0.364. The van der Waals surface area contributed by atoms with Crippen LogP contribution < -0.4 is 11.5 Å². The molecule has 10 nitrogen and oxygen atoms in total. The van der Waals surface area contributed by atoms with Crippen molar-refractivity contribution in [2.24, 2.45) is 11.5 Å². The molecular formula is C11H11N5O5S2. The molecule has 1 aromatic rings. The molecule has 2 aliphatic heterocycles. The number of nitrogens with zero attached hydrogens (tertiary/aromatic N) is 3. The zero-order valence-electron chi connectivity index (χ0n) is 11.5. The lowest BCUT2D eigenvalue weighted by Gasteiger charge is -2.48. The predicted molar refractivity (Wildman–Crippen MR) is 79.3 cm³/mol. The van der Waals surface area contributed by atoms with Gasteiger partial charge in [0.1, 0.15) is 17.1 Å². The topological polar surface area (TPSA) is 166 Å². The summed E-state index contributed by atoms with van der Waals surface area (Å²) < 4.78 is 5.02. The normalized spacial score (nSPS) is 23.5. The van der Waals surface area contributed by atoms with Gasteiger partial charge in [0.2, 0.25) is 5.91 Å². The Hall–Kier alpha value is -2.05. The average molecular weight is 357 g/mol. The van der Waals surface area contributed by atoms with E-state index in [9.17, 15) is 19.5 Å². The fourth-order valence-electron chi connectivity index (χ4n) is 2.21. The third kappa shape index (κ3) is 2.68. The standard InChI is InChI=1S/C11H11N5O5S2/c12-4-8(18)16-5(10(19)20)3(1-22-9(4)16)2-23-11-15-14-7(21-11)6(13)17/h4,9H,1-2,12H2,(H2,13,17)(H,19,20)/t4?,9-/m1/s1. The van der Waals surface area contributed by atoms with Crippen molar-refractivity contribution in [1.29, 1.82) is 0 Å². The van der Waals surface area contributed by atoms with E-state index in [0.717, 1.165) is 11.8 Å². The molecule has 0 spiro atoms. The van der Waals surface area contributed by atoms with Crippen LogP contribution in [0.1, 0.15) is 10.7 Å². The lowest BCUT2D eigenvalue weighted by atomic mass is 10.0. The second kappa shape index (κ2) is 5.86. The van der Waals surface area contributed by atoms with Gasteiger partial charge in [0.15, 0.2) is 0 Å². The van der Waals surface area contributed by atoms with E-state index in [1.807, 2.05) is 0 Å². The Morgan fingerprint density at radius 2 is 2.22 bits per heavy atom. The van der Waals surface area contributed by atoms with Crippen molar-refractivity contribution in [2.75, 3.05) is 11.5 Å². The second-order valence-corrected chi connectivity index (χ2v) is 6.75. The van der Waals surface area contributed by atoms with Gasteiger partial charge in [-0.05, 0) is 5.57 Å². The highest BCUT2D eigenvalue weighted by atomic mass is 32.2. The van der Waals surface area contributed by atoms with Gasteiger partial charge in [-0.25, -0.2) is 4.79 Å². The van der Waals surface area contributed by atoms with Crippen molar-refractivity contribution in [1.82, 2.24) is 15.1 Å². The van der Waals surface area contributed by atoms with Crippen LogP contribution in [0.25, 0.3) is 0 Å². The first-order valence-electron chi connectivity index (χ1n) is 6.32. The van der Waals surface area contributed by atoms with Gasteiger partial charge in [0.25, 0.3) is 5.22 Å². The van der Waals surface area contributed by atoms with Crippen LogP contribution in [0.2, 0.25) is 0 Å². The molecule has 1 unspecified atom stereocenters. The van der Waals surface area contributed by atoms with Crippen LogP contribution in [-0.4, -0.2) is 60.9 Å². The highest BCUT2D eigenvalue weighted by Crippen LogP contribution is 2.40. The van der Waals surface area contributed by atoms with Crippen molar-refractivity contribution in [3.8, 4) is 0 Å². The smallest absolute Gasteiger partial charge is 0.352 e. The van der Waals surface area contributed by atoms with Gasteiger partial charge in [-0.15, -0.1) is 22.0 Å². The Morgan fingerprint density at radius 3 is 2.83 bits per heavy atom. The van der Waals surface area contributed by atoms with Gasteiger partial charge in [0, 0.05) is 11.5 Å². The summed E-state index contributed by atoms with van der Waals surface area (Å²) in [6.45, 7) is 0. The molecule has 3 heterocycles. The Kier molecular flexibility index (Phi) is 4.04. The maximum Gasteiger partial charge on any atom is 0.352 e. The summed E-state index contributed by atoms with van der Waals surface area (Å²) >= 11 is 2.47. The van der Waals surface area contributed by atoms with Gasteiger partial charge < -0.3 is 21.0 Å². The van der Waals surface area contributed by atoms with Crippen LogP contribution in [-0.2, 0) is 9.59 Å². The molecule has 23 heavy (non-hydrogen) atoms. The minimum atomic E-state index is -1.19. The van der Waals surface area contributed by atoms with Crippen LogP contribution in [0.5, 0.6) is 0 Å².